The summed E-state index contributed by atoms with van der Waals surface area (Å²) in [5.74, 6) is 1.17. The second-order valence-electron chi connectivity index (χ2n) is 1.98. The lowest BCUT2D eigenvalue weighted by Gasteiger charge is -2.01. The third-order valence-corrected chi connectivity index (χ3v) is 2.16. The molecule has 0 amide bonds. The molecule has 0 aliphatic rings. The molecule has 0 bridgehead atoms. The van der Waals surface area contributed by atoms with E-state index >= 15 is 0 Å². The summed E-state index contributed by atoms with van der Waals surface area (Å²) in [6.07, 6.45) is 1.23. The van der Waals surface area contributed by atoms with Gasteiger partial charge in [0.2, 0.25) is 0 Å². The van der Waals surface area contributed by atoms with Gasteiger partial charge in [0, 0.05) is 12.9 Å². The van der Waals surface area contributed by atoms with E-state index in [9.17, 15) is 0 Å². The van der Waals surface area contributed by atoms with Crippen LogP contribution in [0.25, 0.3) is 0 Å². The average molecular weight is 264 g/mol. The summed E-state index contributed by atoms with van der Waals surface area (Å²) in [5.41, 5.74) is 0. The molecule has 0 atom stereocenters. The summed E-state index contributed by atoms with van der Waals surface area (Å²) >= 11 is 3.92. The molecule has 0 saturated carbocycles. The molecule has 0 heterocycles. The second-order valence-corrected chi connectivity index (χ2v) is 4.07. The molecule has 0 saturated heterocycles. The Hall–Kier alpha value is 0.930. The van der Waals surface area contributed by atoms with Gasteiger partial charge in [0.25, 0.3) is 0 Å². The van der Waals surface area contributed by atoms with Crippen LogP contribution in [0, 0.1) is 0 Å². The lowest BCUT2D eigenvalue weighted by molar-refractivity contribution is -0.219. The lowest BCUT2D eigenvalue weighted by atomic mass is 10.6. The molecule has 8 heteroatoms. The largest absolute Gasteiger partial charge is 0.382 e. The fraction of sp³-hybridized carbons (Fsp3) is 1.00. The summed E-state index contributed by atoms with van der Waals surface area (Å²) < 4.78 is 8.50. The third kappa shape index (κ3) is 23.1. The van der Waals surface area contributed by atoms with Crippen LogP contribution in [0.4, 0.5) is 0 Å². The predicted molar refractivity (Wildman–Crippen MR) is 62.0 cm³/mol. The molecule has 5 nitrogen and oxygen atoms in total. The molecular formula is C6H17O5PS2. The molecular weight excluding hydrogens is 247 g/mol. The summed E-state index contributed by atoms with van der Waals surface area (Å²) in [4.78, 5) is 20.4. The Morgan fingerprint density at radius 1 is 1.36 bits per heavy atom. The number of methoxy groups -OCH3 is 1. The van der Waals surface area contributed by atoms with Crippen LogP contribution in [0.1, 0.15) is 13.3 Å². The van der Waals surface area contributed by atoms with Crippen molar-refractivity contribution in [3.05, 3.63) is 0 Å². The van der Waals surface area contributed by atoms with Crippen LogP contribution in [0.15, 0.2) is 0 Å². The first-order chi connectivity index (χ1) is 6.68. The summed E-state index contributed by atoms with van der Waals surface area (Å²) in [6.45, 7) is 2.70. The number of hydrogen-bond donors (Lipinski definition) is 3. The molecule has 0 spiro atoms. The Morgan fingerprint density at radius 2 is 2.00 bits per heavy atom. The highest BCUT2D eigenvalue weighted by molar-refractivity contribution is 8.68. The molecule has 0 unspecified atom stereocenters. The van der Waals surface area contributed by atoms with Gasteiger partial charge >= 0.3 is 8.60 Å². The first-order valence-corrected chi connectivity index (χ1v) is 7.12. The number of thiol groups is 1. The highest BCUT2D eigenvalue weighted by atomic mass is 33.1. The van der Waals surface area contributed by atoms with E-state index in [1.54, 1.807) is 10.8 Å². The molecule has 0 radical (unpaired) electrons. The van der Waals surface area contributed by atoms with Crippen molar-refractivity contribution in [1.29, 1.82) is 0 Å². The van der Waals surface area contributed by atoms with Crippen LogP contribution in [-0.2, 0) is 14.3 Å². The van der Waals surface area contributed by atoms with Crippen LogP contribution in [-0.4, -0.2) is 35.9 Å². The molecule has 88 valence electrons. The topological polar surface area (TPSA) is 68.2 Å². The number of rotatable bonds is 7. The van der Waals surface area contributed by atoms with Gasteiger partial charge in [-0.1, -0.05) is 17.7 Å². The molecule has 0 fully saturated rings. The van der Waals surface area contributed by atoms with E-state index in [1.165, 1.54) is 19.3 Å². The molecule has 0 aliphatic carbocycles. The van der Waals surface area contributed by atoms with Crippen LogP contribution < -0.4 is 0 Å². The molecule has 14 heavy (non-hydrogen) atoms. The van der Waals surface area contributed by atoms with E-state index < -0.39 is 8.60 Å². The van der Waals surface area contributed by atoms with Gasteiger partial charge in [0.05, 0.1) is 6.61 Å². The van der Waals surface area contributed by atoms with Crippen LogP contribution in [0.2, 0.25) is 0 Å². The van der Waals surface area contributed by atoms with E-state index in [0.717, 1.165) is 0 Å². The van der Waals surface area contributed by atoms with E-state index in [0.29, 0.717) is 6.61 Å². The van der Waals surface area contributed by atoms with E-state index in [2.05, 4.69) is 32.9 Å². The van der Waals surface area contributed by atoms with Crippen molar-refractivity contribution in [3.63, 3.8) is 0 Å². The van der Waals surface area contributed by atoms with E-state index in [-0.39, 0.29) is 6.61 Å². The predicted octanol–water partition coefficient (Wildman–Crippen LogP) is 1.77. The van der Waals surface area contributed by atoms with Crippen molar-refractivity contribution in [3.8, 4) is 0 Å². The van der Waals surface area contributed by atoms with Gasteiger partial charge in [-0.3, -0.25) is 0 Å². The normalized spacial score (nSPS) is 9.86. The fourth-order valence-electron chi connectivity index (χ4n) is 0.293. The van der Waals surface area contributed by atoms with Gasteiger partial charge in [-0.15, -0.1) is 11.7 Å². The zero-order chi connectivity index (χ0) is 11.2. The van der Waals surface area contributed by atoms with Crippen molar-refractivity contribution in [1.82, 2.24) is 0 Å². The Labute approximate surface area is 94.9 Å². The maximum absolute atomic E-state index is 8.08. The van der Waals surface area contributed by atoms with Gasteiger partial charge in [-0.25, -0.2) is 4.89 Å². The second kappa shape index (κ2) is 16.4. The maximum atomic E-state index is 8.08. The van der Waals surface area contributed by atoms with Crippen molar-refractivity contribution in [2.75, 3.05) is 26.1 Å². The van der Waals surface area contributed by atoms with Crippen LogP contribution in [0.3, 0.4) is 0 Å². The first-order valence-electron chi connectivity index (χ1n) is 3.91. The Balaban J connectivity index is 0. The lowest BCUT2D eigenvalue weighted by Crippen LogP contribution is -1.99. The zero-order valence-electron chi connectivity index (χ0n) is 8.25. The first kappa shape index (κ1) is 17.3. The summed E-state index contributed by atoms with van der Waals surface area (Å²) in [7, 11) is 0.705. The minimum atomic E-state index is -2.39. The Kier molecular flexibility index (Phi) is 20.3. The van der Waals surface area contributed by atoms with Gasteiger partial charge in [-0.05, 0) is 6.42 Å². The summed E-state index contributed by atoms with van der Waals surface area (Å²) in [6, 6.07) is 0. The molecule has 0 aromatic rings. The highest BCUT2D eigenvalue weighted by Crippen LogP contribution is 2.23. The van der Waals surface area contributed by atoms with E-state index in [1.807, 2.05) is 0 Å². The quantitative estimate of drug-likeness (QED) is 0.163. The van der Waals surface area contributed by atoms with Gasteiger partial charge < -0.3 is 14.5 Å². The SMILES string of the molecule is CCCSS.COCCOOP(O)O. The third-order valence-electron chi connectivity index (χ3n) is 0.786. The molecule has 0 rings (SSSR count). The van der Waals surface area contributed by atoms with E-state index in [4.69, 9.17) is 9.79 Å². The smallest absolute Gasteiger partial charge is 0.357 e. The Morgan fingerprint density at radius 3 is 2.29 bits per heavy atom. The maximum Gasteiger partial charge on any atom is 0.357 e. The molecule has 0 aromatic heterocycles. The minimum absolute atomic E-state index is 0.191. The van der Waals surface area contributed by atoms with Crippen LogP contribution in [0.5, 0.6) is 0 Å². The summed E-state index contributed by atoms with van der Waals surface area (Å²) in [5, 5.41) is 0. The molecule has 2 N–H and O–H groups in total. The van der Waals surface area contributed by atoms with Crippen molar-refractivity contribution in [2.45, 2.75) is 13.3 Å². The molecule has 0 aliphatic heterocycles. The van der Waals surface area contributed by atoms with Crippen molar-refractivity contribution >= 4 is 31.1 Å². The van der Waals surface area contributed by atoms with Crippen molar-refractivity contribution < 1.29 is 24.1 Å². The molecule has 0 aromatic carbocycles. The Bertz CT molecular complexity index is 96.3. The van der Waals surface area contributed by atoms with Crippen LogP contribution >= 0.6 is 31.1 Å². The number of hydrogen-bond acceptors (Lipinski definition) is 7. The van der Waals surface area contributed by atoms with Gasteiger partial charge in [0.15, 0.2) is 0 Å². The van der Waals surface area contributed by atoms with Crippen molar-refractivity contribution in [2.24, 2.45) is 0 Å². The average Bonchev–Trinajstić information content (AvgIpc) is 2.15. The minimum Gasteiger partial charge on any atom is -0.382 e. The standard InChI is InChI=1S/C3H9O5P.C3H8S2/c1-6-2-3-7-8-9(4)5;1-2-3-5-4/h4-5H,2-3H2,1H3;4H,2-3H2,1H3. The van der Waals surface area contributed by atoms with Gasteiger partial charge in [-0.2, -0.15) is 4.67 Å². The monoisotopic (exact) mass is 264 g/mol. The number of ether oxygens (including phenoxy) is 1. The zero-order valence-corrected chi connectivity index (χ0v) is 10.9. The highest BCUT2D eigenvalue weighted by Gasteiger charge is 1.97. The fourth-order valence-corrected chi connectivity index (χ4v) is 1.19. The van der Waals surface area contributed by atoms with Gasteiger partial charge in [0.1, 0.15) is 6.61 Å².